The van der Waals surface area contributed by atoms with Gasteiger partial charge in [-0.3, -0.25) is 4.79 Å². The van der Waals surface area contributed by atoms with Gasteiger partial charge in [-0.1, -0.05) is 24.6 Å². The van der Waals surface area contributed by atoms with Crippen LogP contribution in [-0.4, -0.2) is 51.1 Å². The molecule has 2 rings (SSSR count). The molecule has 1 saturated heterocycles. The lowest BCUT2D eigenvalue weighted by atomic mass is 10.0. The minimum absolute atomic E-state index is 0.218. The van der Waals surface area contributed by atoms with Gasteiger partial charge in [-0.15, -0.1) is 0 Å². The van der Waals surface area contributed by atoms with Crippen molar-refractivity contribution in [2.24, 2.45) is 0 Å². The van der Waals surface area contributed by atoms with Crippen LogP contribution in [0.25, 0.3) is 0 Å². The lowest BCUT2D eigenvalue weighted by molar-refractivity contribution is -0.125. The molecule has 1 aliphatic heterocycles. The summed E-state index contributed by atoms with van der Waals surface area (Å²) < 4.78 is 30.2. The fraction of sp³-hybridized carbons (Fsp3) is 0.562. The zero-order chi connectivity index (χ0) is 16.9. The molecule has 7 heteroatoms. The van der Waals surface area contributed by atoms with E-state index in [1.54, 1.807) is 7.11 Å². The molecule has 23 heavy (non-hydrogen) atoms. The Bertz CT molecular complexity index is 645. The molecule has 0 aliphatic carbocycles. The first kappa shape index (κ1) is 17.7. The molecule has 0 bridgehead atoms. The number of carbonyl (C=O) groups is 1. The molecule has 0 spiro atoms. The van der Waals surface area contributed by atoms with Crippen LogP contribution in [0.4, 0.5) is 0 Å². The Morgan fingerprint density at radius 2 is 2.09 bits per heavy atom. The molecule has 1 fully saturated rings. The number of nitrogens with one attached hydrogen (secondary N) is 1. The van der Waals surface area contributed by atoms with Gasteiger partial charge in [0, 0.05) is 13.1 Å². The first-order valence-electron chi connectivity index (χ1n) is 7.80. The molecule has 128 valence electrons. The molecule has 1 aromatic rings. The fourth-order valence-electron chi connectivity index (χ4n) is 2.91. The van der Waals surface area contributed by atoms with Crippen molar-refractivity contribution in [2.45, 2.75) is 31.7 Å². The Morgan fingerprint density at radius 3 is 2.78 bits per heavy atom. The third-order valence-corrected chi connectivity index (χ3v) is 5.36. The third-order valence-electron chi connectivity index (χ3n) is 4.07. The second-order valence-corrected chi connectivity index (χ2v) is 7.67. The number of para-hydroxylation sites is 1. The molecule has 1 N–H and O–H groups in total. The van der Waals surface area contributed by atoms with Crippen LogP contribution in [0.2, 0.25) is 0 Å². The average molecular weight is 340 g/mol. The number of carbonyl (C=O) groups excluding carboxylic acids is 1. The van der Waals surface area contributed by atoms with Crippen molar-refractivity contribution in [1.29, 1.82) is 0 Å². The number of hydrogen-bond acceptors (Lipinski definition) is 4. The summed E-state index contributed by atoms with van der Waals surface area (Å²) in [7, 11) is -1.74. The van der Waals surface area contributed by atoms with Crippen molar-refractivity contribution in [3.8, 4) is 5.75 Å². The summed E-state index contributed by atoms with van der Waals surface area (Å²) in [5.41, 5.74) is 1.01. The van der Waals surface area contributed by atoms with E-state index >= 15 is 0 Å². The second kappa shape index (κ2) is 7.79. The number of nitrogens with zero attached hydrogens (tertiary/aromatic N) is 1. The van der Waals surface area contributed by atoms with E-state index in [1.165, 1.54) is 4.31 Å². The Labute approximate surface area is 137 Å². The molecule has 0 radical (unpaired) electrons. The number of ether oxygens (including phenoxy) is 1. The first-order valence-corrected chi connectivity index (χ1v) is 9.64. The minimum Gasteiger partial charge on any atom is -0.496 e. The molecular formula is C16H24N2O4S. The maximum Gasteiger partial charge on any atom is 0.238 e. The molecule has 1 amide bonds. The van der Waals surface area contributed by atoms with E-state index in [0.29, 0.717) is 25.9 Å². The van der Waals surface area contributed by atoms with Crippen molar-refractivity contribution in [1.82, 2.24) is 9.62 Å². The molecule has 1 aliphatic rings. The molecule has 1 heterocycles. The van der Waals surface area contributed by atoms with E-state index in [-0.39, 0.29) is 5.91 Å². The van der Waals surface area contributed by atoms with Gasteiger partial charge in [0.1, 0.15) is 11.8 Å². The Kier molecular flexibility index (Phi) is 6.01. The largest absolute Gasteiger partial charge is 0.496 e. The van der Waals surface area contributed by atoms with E-state index in [0.717, 1.165) is 30.4 Å². The lowest BCUT2D eigenvalue weighted by Crippen LogP contribution is -2.51. The Balaban J connectivity index is 1.93. The first-order chi connectivity index (χ1) is 10.9. The smallest absolute Gasteiger partial charge is 0.238 e. The van der Waals surface area contributed by atoms with E-state index in [1.807, 2.05) is 24.3 Å². The van der Waals surface area contributed by atoms with Crippen molar-refractivity contribution in [3.05, 3.63) is 29.8 Å². The maximum absolute atomic E-state index is 12.4. The van der Waals surface area contributed by atoms with Gasteiger partial charge in [0.15, 0.2) is 0 Å². The summed E-state index contributed by atoms with van der Waals surface area (Å²) in [6, 6.07) is 7.06. The number of rotatable bonds is 6. The van der Waals surface area contributed by atoms with Gasteiger partial charge in [-0.25, -0.2) is 8.42 Å². The average Bonchev–Trinajstić information content (AvgIpc) is 2.54. The SMILES string of the molecule is COc1ccccc1CCNC(=O)[C@@H]1CCCCN1S(C)(=O)=O. The highest BCUT2D eigenvalue weighted by molar-refractivity contribution is 7.88. The fourth-order valence-corrected chi connectivity index (χ4v) is 4.04. The van der Waals surface area contributed by atoms with Crippen LogP contribution in [-0.2, 0) is 21.2 Å². The van der Waals surface area contributed by atoms with Crippen LogP contribution in [0.15, 0.2) is 24.3 Å². The van der Waals surface area contributed by atoms with E-state index in [9.17, 15) is 13.2 Å². The van der Waals surface area contributed by atoms with Gasteiger partial charge < -0.3 is 10.1 Å². The summed E-state index contributed by atoms with van der Waals surface area (Å²) in [6.07, 6.45) is 4.05. The van der Waals surface area contributed by atoms with Crippen LogP contribution in [0.3, 0.4) is 0 Å². The summed E-state index contributed by atoms with van der Waals surface area (Å²) in [6.45, 7) is 0.872. The van der Waals surface area contributed by atoms with E-state index < -0.39 is 16.1 Å². The van der Waals surface area contributed by atoms with Crippen LogP contribution < -0.4 is 10.1 Å². The number of hydrogen-bond donors (Lipinski definition) is 1. The molecule has 1 aromatic carbocycles. The third kappa shape index (κ3) is 4.68. The predicted octanol–water partition coefficient (Wildman–Crippen LogP) is 1.17. The predicted molar refractivity (Wildman–Crippen MR) is 88.9 cm³/mol. The second-order valence-electron chi connectivity index (χ2n) is 5.74. The maximum atomic E-state index is 12.4. The van der Waals surface area contributed by atoms with Crippen molar-refractivity contribution in [3.63, 3.8) is 0 Å². The van der Waals surface area contributed by atoms with Gasteiger partial charge >= 0.3 is 0 Å². The molecule has 0 saturated carbocycles. The standard InChI is InChI=1S/C16H24N2O4S/c1-22-15-9-4-3-7-13(15)10-11-17-16(19)14-8-5-6-12-18(14)23(2,20)21/h3-4,7,9,14H,5-6,8,10-12H2,1-2H3,(H,17,19)/t14-/m0/s1. The van der Waals surface area contributed by atoms with E-state index in [2.05, 4.69) is 5.32 Å². The highest BCUT2D eigenvalue weighted by Crippen LogP contribution is 2.20. The molecule has 0 unspecified atom stereocenters. The van der Waals surface area contributed by atoms with Crippen molar-refractivity contribution in [2.75, 3.05) is 26.5 Å². The molecule has 1 atom stereocenters. The summed E-state index contributed by atoms with van der Waals surface area (Å²) >= 11 is 0. The van der Waals surface area contributed by atoms with Crippen LogP contribution in [0.5, 0.6) is 5.75 Å². The zero-order valence-electron chi connectivity index (χ0n) is 13.6. The number of amides is 1. The number of piperidine rings is 1. The van der Waals surface area contributed by atoms with Gasteiger partial charge in [-0.05, 0) is 30.9 Å². The number of sulfonamides is 1. The lowest BCUT2D eigenvalue weighted by Gasteiger charge is -2.32. The van der Waals surface area contributed by atoms with Crippen molar-refractivity contribution < 1.29 is 17.9 Å². The van der Waals surface area contributed by atoms with Gasteiger partial charge in [0.05, 0.1) is 13.4 Å². The zero-order valence-corrected chi connectivity index (χ0v) is 14.4. The topological polar surface area (TPSA) is 75.7 Å². The van der Waals surface area contributed by atoms with Gasteiger partial charge in [-0.2, -0.15) is 4.31 Å². The minimum atomic E-state index is -3.36. The van der Waals surface area contributed by atoms with Crippen LogP contribution in [0.1, 0.15) is 24.8 Å². The number of benzene rings is 1. The molecule has 0 aromatic heterocycles. The highest BCUT2D eigenvalue weighted by Gasteiger charge is 2.34. The molecular weight excluding hydrogens is 316 g/mol. The van der Waals surface area contributed by atoms with Crippen molar-refractivity contribution >= 4 is 15.9 Å². The highest BCUT2D eigenvalue weighted by atomic mass is 32.2. The monoisotopic (exact) mass is 340 g/mol. The Morgan fingerprint density at radius 1 is 1.35 bits per heavy atom. The van der Waals surface area contributed by atoms with Gasteiger partial charge in [0.2, 0.25) is 15.9 Å². The van der Waals surface area contributed by atoms with E-state index in [4.69, 9.17) is 4.74 Å². The normalized spacial score (nSPS) is 19.3. The quantitative estimate of drug-likeness (QED) is 0.843. The Hall–Kier alpha value is -1.60. The molecule has 6 nitrogen and oxygen atoms in total. The summed E-state index contributed by atoms with van der Waals surface area (Å²) in [5, 5.41) is 2.85. The van der Waals surface area contributed by atoms with Crippen LogP contribution in [0, 0.1) is 0 Å². The summed E-state index contributed by atoms with van der Waals surface area (Å²) in [5.74, 6) is 0.571. The summed E-state index contributed by atoms with van der Waals surface area (Å²) in [4.78, 5) is 12.4. The van der Waals surface area contributed by atoms with Gasteiger partial charge in [0.25, 0.3) is 0 Å². The number of methoxy groups -OCH3 is 1. The van der Waals surface area contributed by atoms with Crippen LogP contribution >= 0.6 is 0 Å².